The van der Waals surface area contributed by atoms with Crippen molar-refractivity contribution in [2.45, 2.75) is 38.2 Å². The molecule has 1 saturated carbocycles. The fraction of sp³-hybridized carbons (Fsp3) is 1.00. The lowest BCUT2D eigenvalue weighted by atomic mass is 9.77. The van der Waals surface area contributed by atoms with Crippen molar-refractivity contribution in [2.75, 3.05) is 13.2 Å². The van der Waals surface area contributed by atoms with Gasteiger partial charge in [0.05, 0.1) is 18.8 Å². The Kier molecular flexibility index (Phi) is 1.52. The van der Waals surface area contributed by atoms with Crippen molar-refractivity contribution < 1.29 is 9.84 Å². The molecule has 2 aliphatic rings. The summed E-state index contributed by atoms with van der Waals surface area (Å²) in [5.74, 6) is 0. The van der Waals surface area contributed by atoms with E-state index in [1.54, 1.807) is 0 Å². The standard InChI is InChI=1S/C9H16O2/c1-2-8(6-11-7-8)5-9(10)3-4-9/h10H,2-7H2,1H3. The van der Waals surface area contributed by atoms with Gasteiger partial charge in [0.1, 0.15) is 0 Å². The van der Waals surface area contributed by atoms with E-state index in [4.69, 9.17) is 4.74 Å². The Morgan fingerprint density at radius 3 is 2.27 bits per heavy atom. The lowest BCUT2D eigenvalue weighted by molar-refractivity contribution is -0.137. The molecule has 1 heterocycles. The molecule has 1 N–H and O–H groups in total. The molecule has 2 rings (SSSR count). The van der Waals surface area contributed by atoms with Crippen LogP contribution in [-0.2, 0) is 4.74 Å². The Morgan fingerprint density at radius 2 is 2.00 bits per heavy atom. The van der Waals surface area contributed by atoms with Crippen LogP contribution in [0.1, 0.15) is 32.6 Å². The molecule has 1 aliphatic carbocycles. The van der Waals surface area contributed by atoms with Crippen LogP contribution in [0.3, 0.4) is 0 Å². The van der Waals surface area contributed by atoms with Crippen LogP contribution in [0.5, 0.6) is 0 Å². The van der Waals surface area contributed by atoms with E-state index < -0.39 is 0 Å². The van der Waals surface area contributed by atoms with Crippen LogP contribution in [0.2, 0.25) is 0 Å². The molecule has 0 atom stereocenters. The Morgan fingerprint density at radius 1 is 1.36 bits per heavy atom. The van der Waals surface area contributed by atoms with E-state index in [0.717, 1.165) is 38.9 Å². The molecule has 0 spiro atoms. The third kappa shape index (κ3) is 1.30. The minimum atomic E-state index is -0.292. The van der Waals surface area contributed by atoms with Gasteiger partial charge in [0.15, 0.2) is 0 Å². The zero-order chi connectivity index (χ0) is 7.95. The van der Waals surface area contributed by atoms with Crippen LogP contribution < -0.4 is 0 Å². The van der Waals surface area contributed by atoms with Crippen molar-refractivity contribution in [1.82, 2.24) is 0 Å². The number of rotatable bonds is 3. The van der Waals surface area contributed by atoms with Crippen molar-refractivity contribution in [3.63, 3.8) is 0 Å². The highest BCUT2D eigenvalue weighted by atomic mass is 16.5. The third-order valence-corrected chi connectivity index (χ3v) is 3.10. The average molecular weight is 156 g/mol. The van der Waals surface area contributed by atoms with Crippen LogP contribution in [0.4, 0.5) is 0 Å². The summed E-state index contributed by atoms with van der Waals surface area (Å²) >= 11 is 0. The maximum absolute atomic E-state index is 9.70. The molecule has 0 amide bonds. The van der Waals surface area contributed by atoms with Crippen LogP contribution in [0, 0.1) is 5.41 Å². The maximum atomic E-state index is 9.70. The summed E-state index contributed by atoms with van der Waals surface area (Å²) in [4.78, 5) is 0. The molecule has 0 bridgehead atoms. The van der Waals surface area contributed by atoms with Crippen molar-refractivity contribution in [3.05, 3.63) is 0 Å². The van der Waals surface area contributed by atoms with E-state index >= 15 is 0 Å². The summed E-state index contributed by atoms with van der Waals surface area (Å²) in [6.45, 7) is 3.92. The highest BCUT2D eigenvalue weighted by molar-refractivity contribution is 5.01. The SMILES string of the molecule is CCC1(CC2(O)CC2)COC1. The smallest absolute Gasteiger partial charge is 0.0657 e. The number of hydrogen-bond acceptors (Lipinski definition) is 2. The van der Waals surface area contributed by atoms with Crippen molar-refractivity contribution in [1.29, 1.82) is 0 Å². The first kappa shape index (κ1) is 7.56. The van der Waals surface area contributed by atoms with Gasteiger partial charge in [0, 0.05) is 5.41 Å². The highest BCUT2D eigenvalue weighted by Gasteiger charge is 2.50. The summed E-state index contributed by atoms with van der Waals surface area (Å²) in [6, 6.07) is 0. The largest absolute Gasteiger partial charge is 0.390 e. The van der Waals surface area contributed by atoms with Gasteiger partial charge in [-0.15, -0.1) is 0 Å². The van der Waals surface area contributed by atoms with Gasteiger partial charge < -0.3 is 9.84 Å². The van der Waals surface area contributed by atoms with Gasteiger partial charge in [-0.3, -0.25) is 0 Å². The quantitative estimate of drug-likeness (QED) is 0.668. The fourth-order valence-corrected chi connectivity index (χ4v) is 1.84. The summed E-state index contributed by atoms with van der Waals surface area (Å²) in [5, 5.41) is 9.70. The van der Waals surface area contributed by atoms with E-state index in [9.17, 15) is 5.11 Å². The molecule has 0 aromatic carbocycles. The van der Waals surface area contributed by atoms with Crippen LogP contribution >= 0.6 is 0 Å². The van der Waals surface area contributed by atoms with Crippen molar-refractivity contribution in [2.24, 2.45) is 5.41 Å². The Balaban J connectivity index is 1.91. The summed E-state index contributed by atoms with van der Waals surface area (Å²) in [5.41, 5.74) is 0.0467. The van der Waals surface area contributed by atoms with Gasteiger partial charge in [-0.2, -0.15) is 0 Å². The second kappa shape index (κ2) is 2.20. The molecule has 11 heavy (non-hydrogen) atoms. The minimum absolute atomic E-state index is 0.292. The van der Waals surface area contributed by atoms with Crippen LogP contribution in [-0.4, -0.2) is 23.9 Å². The van der Waals surface area contributed by atoms with Gasteiger partial charge >= 0.3 is 0 Å². The molecule has 64 valence electrons. The van der Waals surface area contributed by atoms with E-state index in [-0.39, 0.29) is 5.60 Å². The molecular formula is C9H16O2. The van der Waals surface area contributed by atoms with E-state index in [0.29, 0.717) is 5.41 Å². The molecule has 1 aliphatic heterocycles. The Bertz CT molecular complexity index is 151. The molecule has 2 heteroatoms. The third-order valence-electron chi connectivity index (χ3n) is 3.10. The molecule has 0 aromatic rings. The minimum Gasteiger partial charge on any atom is -0.390 e. The topological polar surface area (TPSA) is 29.5 Å². The number of hydrogen-bond donors (Lipinski definition) is 1. The average Bonchev–Trinajstić information content (AvgIpc) is 2.60. The molecular weight excluding hydrogens is 140 g/mol. The first-order valence-corrected chi connectivity index (χ1v) is 4.48. The molecule has 0 radical (unpaired) electrons. The van der Waals surface area contributed by atoms with Crippen LogP contribution in [0.15, 0.2) is 0 Å². The van der Waals surface area contributed by atoms with Gasteiger partial charge in [-0.25, -0.2) is 0 Å². The second-order valence-electron chi connectivity index (χ2n) is 4.25. The number of aliphatic hydroxyl groups is 1. The predicted octanol–water partition coefficient (Wildman–Crippen LogP) is 1.33. The zero-order valence-corrected chi connectivity index (χ0v) is 7.10. The fourth-order valence-electron chi connectivity index (χ4n) is 1.84. The van der Waals surface area contributed by atoms with Crippen molar-refractivity contribution >= 4 is 0 Å². The monoisotopic (exact) mass is 156 g/mol. The molecule has 0 aromatic heterocycles. The lowest BCUT2D eigenvalue weighted by Crippen LogP contribution is -2.44. The molecule has 2 fully saturated rings. The normalized spacial score (nSPS) is 31.1. The van der Waals surface area contributed by atoms with Gasteiger partial charge in [0.25, 0.3) is 0 Å². The molecule has 1 saturated heterocycles. The highest BCUT2D eigenvalue weighted by Crippen LogP contribution is 2.48. The zero-order valence-electron chi connectivity index (χ0n) is 7.10. The number of ether oxygens (including phenoxy) is 1. The Hall–Kier alpha value is -0.0800. The second-order valence-corrected chi connectivity index (χ2v) is 4.25. The first-order chi connectivity index (χ1) is 5.18. The first-order valence-electron chi connectivity index (χ1n) is 4.48. The Labute approximate surface area is 67.6 Å². The maximum Gasteiger partial charge on any atom is 0.0657 e. The van der Waals surface area contributed by atoms with Gasteiger partial charge in [0.2, 0.25) is 0 Å². The summed E-state index contributed by atoms with van der Waals surface area (Å²) in [6.07, 6.45) is 4.13. The van der Waals surface area contributed by atoms with Gasteiger partial charge in [-0.1, -0.05) is 6.92 Å². The van der Waals surface area contributed by atoms with Gasteiger partial charge in [-0.05, 0) is 25.7 Å². The molecule has 0 unspecified atom stereocenters. The van der Waals surface area contributed by atoms with Crippen molar-refractivity contribution in [3.8, 4) is 0 Å². The van der Waals surface area contributed by atoms with E-state index in [1.165, 1.54) is 0 Å². The van der Waals surface area contributed by atoms with Crippen LogP contribution in [0.25, 0.3) is 0 Å². The van der Waals surface area contributed by atoms with E-state index in [1.807, 2.05) is 0 Å². The summed E-state index contributed by atoms with van der Waals surface area (Å²) in [7, 11) is 0. The molecule has 2 nitrogen and oxygen atoms in total. The van der Waals surface area contributed by atoms with E-state index in [2.05, 4.69) is 6.92 Å². The summed E-state index contributed by atoms with van der Waals surface area (Å²) < 4.78 is 5.19. The predicted molar refractivity (Wildman–Crippen MR) is 42.3 cm³/mol. The lowest BCUT2D eigenvalue weighted by Gasteiger charge is -2.42.